The standard InChI is InChI=1S/C18H21Br/c1-13(2)15-9-11-17(12-10-15)18(19)14(3)16-7-5-4-6-8-16/h4-14,18H,1-3H3. The summed E-state index contributed by atoms with van der Waals surface area (Å²) in [6.07, 6.45) is 0. The van der Waals surface area contributed by atoms with Crippen LogP contribution in [-0.2, 0) is 0 Å². The highest BCUT2D eigenvalue weighted by molar-refractivity contribution is 9.09. The van der Waals surface area contributed by atoms with E-state index in [0.717, 1.165) is 0 Å². The van der Waals surface area contributed by atoms with Gasteiger partial charge in [-0.3, -0.25) is 0 Å². The van der Waals surface area contributed by atoms with E-state index in [9.17, 15) is 0 Å². The van der Waals surface area contributed by atoms with Crippen molar-refractivity contribution in [2.75, 3.05) is 0 Å². The third kappa shape index (κ3) is 3.48. The second-order valence-corrected chi connectivity index (χ2v) is 6.41. The molecule has 100 valence electrons. The molecule has 0 saturated carbocycles. The first-order valence-electron chi connectivity index (χ1n) is 6.88. The van der Waals surface area contributed by atoms with E-state index >= 15 is 0 Å². The maximum absolute atomic E-state index is 3.85. The van der Waals surface area contributed by atoms with Crippen molar-refractivity contribution in [1.82, 2.24) is 0 Å². The fourth-order valence-electron chi connectivity index (χ4n) is 2.28. The predicted molar refractivity (Wildman–Crippen MR) is 87.1 cm³/mol. The minimum Gasteiger partial charge on any atom is -0.0832 e. The quantitative estimate of drug-likeness (QED) is 0.602. The molecule has 0 aliphatic carbocycles. The van der Waals surface area contributed by atoms with Gasteiger partial charge in [0.05, 0.1) is 0 Å². The molecule has 0 saturated heterocycles. The average molecular weight is 317 g/mol. The number of halogens is 1. The third-order valence-electron chi connectivity index (χ3n) is 3.69. The van der Waals surface area contributed by atoms with E-state index < -0.39 is 0 Å². The van der Waals surface area contributed by atoms with Crippen molar-refractivity contribution in [2.45, 2.75) is 37.4 Å². The van der Waals surface area contributed by atoms with Crippen molar-refractivity contribution in [3.8, 4) is 0 Å². The maximum atomic E-state index is 3.85. The van der Waals surface area contributed by atoms with E-state index in [-0.39, 0.29) is 0 Å². The molecule has 2 aromatic carbocycles. The molecular weight excluding hydrogens is 296 g/mol. The summed E-state index contributed by atoms with van der Waals surface area (Å²) in [5.74, 6) is 1.06. The van der Waals surface area contributed by atoms with Crippen LogP contribution in [0.4, 0.5) is 0 Å². The van der Waals surface area contributed by atoms with Crippen molar-refractivity contribution in [1.29, 1.82) is 0 Å². The molecule has 0 aliphatic rings. The average Bonchev–Trinajstić information content (AvgIpc) is 2.46. The van der Waals surface area contributed by atoms with Crippen molar-refractivity contribution < 1.29 is 0 Å². The molecule has 0 bridgehead atoms. The van der Waals surface area contributed by atoms with Crippen LogP contribution in [-0.4, -0.2) is 0 Å². The summed E-state index contributed by atoms with van der Waals surface area (Å²) in [4.78, 5) is 0.358. The Bertz CT molecular complexity index is 499. The molecule has 0 aromatic heterocycles. The van der Waals surface area contributed by atoms with Gasteiger partial charge in [-0.25, -0.2) is 0 Å². The molecule has 0 fully saturated rings. The zero-order valence-corrected chi connectivity index (χ0v) is 13.4. The normalized spacial score (nSPS) is 14.4. The van der Waals surface area contributed by atoms with Gasteiger partial charge >= 0.3 is 0 Å². The van der Waals surface area contributed by atoms with Crippen LogP contribution in [0.5, 0.6) is 0 Å². The zero-order chi connectivity index (χ0) is 13.8. The van der Waals surface area contributed by atoms with Gasteiger partial charge in [-0.2, -0.15) is 0 Å². The van der Waals surface area contributed by atoms with Crippen molar-refractivity contribution in [3.05, 3.63) is 71.3 Å². The fourth-order valence-corrected chi connectivity index (χ4v) is 2.89. The van der Waals surface area contributed by atoms with E-state index in [1.165, 1.54) is 16.7 Å². The monoisotopic (exact) mass is 316 g/mol. The van der Waals surface area contributed by atoms with Crippen LogP contribution in [0.3, 0.4) is 0 Å². The number of benzene rings is 2. The molecule has 2 aromatic rings. The predicted octanol–water partition coefficient (Wildman–Crippen LogP) is 6.05. The van der Waals surface area contributed by atoms with Crippen molar-refractivity contribution in [3.63, 3.8) is 0 Å². The lowest BCUT2D eigenvalue weighted by Gasteiger charge is -2.20. The molecule has 0 N–H and O–H groups in total. The van der Waals surface area contributed by atoms with E-state index in [1.54, 1.807) is 0 Å². The largest absolute Gasteiger partial charge is 0.0832 e. The second kappa shape index (κ2) is 6.38. The van der Waals surface area contributed by atoms with E-state index in [2.05, 4.69) is 91.3 Å². The second-order valence-electron chi connectivity index (χ2n) is 5.42. The van der Waals surface area contributed by atoms with Crippen LogP contribution in [0.1, 0.15) is 54.1 Å². The van der Waals surface area contributed by atoms with E-state index in [1.807, 2.05) is 0 Å². The molecule has 0 nitrogen and oxygen atoms in total. The van der Waals surface area contributed by atoms with Crippen LogP contribution in [0.2, 0.25) is 0 Å². The number of hydrogen-bond acceptors (Lipinski definition) is 0. The smallest absolute Gasteiger partial charge is 0.0461 e. The highest BCUT2D eigenvalue weighted by Crippen LogP contribution is 2.37. The topological polar surface area (TPSA) is 0 Å². The third-order valence-corrected chi connectivity index (χ3v) is 5.01. The molecule has 0 radical (unpaired) electrons. The highest BCUT2D eigenvalue weighted by Gasteiger charge is 2.17. The van der Waals surface area contributed by atoms with Crippen LogP contribution in [0.15, 0.2) is 54.6 Å². The van der Waals surface area contributed by atoms with Gasteiger partial charge in [0.2, 0.25) is 0 Å². The Kier molecular flexibility index (Phi) is 4.81. The first-order chi connectivity index (χ1) is 9.09. The summed E-state index contributed by atoms with van der Waals surface area (Å²) >= 11 is 3.85. The Morgan fingerprint density at radius 3 is 1.74 bits per heavy atom. The fraction of sp³-hybridized carbons (Fsp3) is 0.333. The molecule has 2 atom stereocenters. The minimum atomic E-state index is 0.358. The summed E-state index contributed by atoms with van der Waals surface area (Å²) < 4.78 is 0. The van der Waals surface area contributed by atoms with Gasteiger partial charge in [-0.1, -0.05) is 91.3 Å². The molecule has 0 spiro atoms. The molecule has 0 amide bonds. The maximum Gasteiger partial charge on any atom is 0.0461 e. The van der Waals surface area contributed by atoms with Gasteiger partial charge in [0.25, 0.3) is 0 Å². The summed E-state index contributed by atoms with van der Waals surface area (Å²) in [5, 5.41) is 0. The molecule has 0 heterocycles. The molecule has 1 heteroatoms. The highest BCUT2D eigenvalue weighted by atomic mass is 79.9. The van der Waals surface area contributed by atoms with Gasteiger partial charge in [-0.05, 0) is 28.5 Å². The molecule has 0 aliphatic heterocycles. The number of alkyl halides is 1. The first-order valence-corrected chi connectivity index (χ1v) is 7.80. The first kappa shape index (κ1) is 14.3. The summed E-state index contributed by atoms with van der Waals surface area (Å²) in [7, 11) is 0. The van der Waals surface area contributed by atoms with Crippen LogP contribution < -0.4 is 0 Å². The lowest BCUT2D eigenvalue weighted by Crippen LogP contribution is -2.02. The molecule has 2 rings (SSSR count). The Morgan fingerprint density at radius 2 is 1.21 bits per heavy atom. The SMILES string of the molecule is CC(C)c1ccc(C(Br)C(C)c2ccccc2)cc1. The summed E-state index contributed by atoms with van der Waals surface area (Å²) in [5.41, 5.74) is 4.12. The molecular formula is C18H21Br. The van der Waals surface area contributed by atoms with Crippen LogP contribution >= 0.6 is 15.9 Å². The Hall–Kier alpha value is -1.08. The minimum absolute atomic E-state index is 0.358. The summed E-state index contributed by atoms with van der Waals surface area (Å²) in [6.45, 7) is 6.73. The Labute approximate surface area is 125 Å². The van der Waals surface area contributed by atoms with Gasteiger partial charge in [-0.15, -0.1) is 0 Å². The van der Waals surface area contributed by atoms with Crippen LogP contribution in [0.25, 0.3) is 0 Å². The number of hydrogen-bond donors (Lipinski definition) is 0. The number of rotatable bonds is 4. The molecule has 19 heavy (non-hydrogen) atoms. The van der Waals surface area contributed by atoms with Gasteiger partial charge in [0.15, 0.2) is 0 Å². The van der Waals surface area contributed by atoms with E-state index in [4.69, 9.17) is 0 Å². The Morgan fingerprint density at radius 1 is 0.684 bits per heavy atom. The lowest BCUT2D eigenvalue weighted by molar-refractivity contribution is 0.750. The zero-order valence-electron chi connectivity index (χ0n) is 11.8. The van der Waals surface area contributed by atoms with Gasteiger partial charge < -0.3 is 0 Å². The van der Waals surface area contributed by atoms with Crippen molar-refractivity contribution >= 4 is 15.9 Å². The van der Waals surface area contributed by atoms with Crippen LogP contribution in [0, 0.1) is 0 Å². The van der Waals surface area contributed by atoms with Crippen molar-refractivity contribution in [2.24, 2.45) is 0 Å². The van der Waals surface area contributed by atoms with E-state index in [0.29, 0.717) is 16.7 Å². The summed E-state index contributed by atoms with van der Waals surface area (Å²) in [6, 6.07) is 19.6. The molecule has 2 unspecified atom stereocenters. The Balaban J connectivity index is 2.17. The lowest BCUT2D eigenvalue weighted by atomic mass is 9.92. The van der Waals surface area contributed by atoms with Gasteiger partial charge in [0, 0.05) is 4.83 Å². The van der Waals surface area contributed by atoms with Gasteiger partial charge in [0.1, 0.15) is 0 Å².